The molecule has 0 radical (unpaired) electrons. The largest absolute Gasteiger partial charge is 0.440 e. The van der Waals surface area contributed by atoms with E-state index in [9.17, 15) is 27.6 Å². The zero-order valence-electron chi connectivity index (χ0n) is 11.4. The lowest BCUT2D eigenvalue weighted by molar-refractivity contribution is -0.204. The minimum atomic E-state index is -5.12. The molecule has 2 rings (SSSR count). The fraction of sp³-hybridized carbons (Fsp3) is 0.750. The van der Waals surface area contributed by atoms with Gasteiger partial charge in [0.25, 0.3) is 11.6 Å². The van der Waals surface area contributed by atoms with Crippen molar-refractivity contribution >= 4 is 17.8 Å². The molecule has 0 bridgehead atoms. The molecule has 118 valence electrons. The molecule has 1 aliphatic heterocycles. The lowest BCUT2D eigenvalue weighted by atomic mass is 9.94. The van der Waals surface area contributed by atoms with Gasteiger partial charge in [0.05, 0.1) is 0 Å². The molecular formula is C12H16F3N3O3. The Hall–Kier alpha value is -1.80. The molecule has 6 nitrogen and oxygen atoms in total. The second-order valence-electron chi connectivity index (χ2n) is 5.33. The van der Waals surface area contributed by atoms with E-state index in [0.717, 1.165) is 26.2 Å². The highest BCUT2D eigenvalue weighted by Gasteiger charge is 2.69. The molecule has 1 atom stereocenters. The van der Waals surface area contributed by atoms with E-state index in [1.165, 1.54) is 0 Å². The van der Waals surface area contributed by atoms with Crippen LogP contribution in [0, 0.1) is 0 Å². The van der Waals surface area contributed by atoms with Crippen LogP contribution in [0.3, 0.4) is 0 Å². The molecule has 2 N–H and O–H groups in total. The Labute approximate surface area is 119 Å². The summed E-state index contributed by atoms with van der Waals surface area (Å²) >= 11 is 0. The topological polar surface area (TPSA) is 78.5 Å². The van der Waals surface area contributed by atoms with Crippen LogP contribution in [0.15, 0.2) is 0 Å². The Morgan fingerprint density at radius 3 is 2.33 bits per heavy atom. The van der Waals surface area contributed by atoms with Gasteiger partial charge in [-0.25, -0.2) is 4.79 Å². The minimum absolute atomic E-state index is 0.479. The van der Waals surface area contributed by atoms with Crippen LogP contribution in [0.25, 0.3) is 0 Å². The quantitative estimate of drug-likeness (QED) is 0.754. The summed E-state index contributed by atoms with van der Waals surface area (Å²) in [5.74, 6) is -2.51. The molecule has 1 heterocycles. The average molecular weight is 307 g/mol. The van der Waals surface area contributed by atoms with Crippen LogP contribution >= 0.6 is 0 Å². The minimum Gasteiger partial charge on any atom is -0.318 e. The zero-order valence-corrected chi connectivity index (χ0v) is 11.4. The number of imide groups is 1. The van der Waals surface area contributed by atoms with Crippen molar-refractivity contribution in [2.24, 2.45) is 0 Å². The third-order valence-electron chi connectivity index (χ3n) is 3.78. The summed E-state index contributed by atoms with van der Waals surface area (Å²) in [5.41, 5.74) is -3.35. The molecule has 2 aliphatic rings. The number of urea groups is 1. The van der Waals surface area contributed by atoms with Crippen LogP contribution in [-0.4, -0.2) is 40.6 Å². The van der Waals surface area contributed by atoms with Gasteiger partial charge in [0.2, 0.25) is 5.91 Å². The van der Waals surface area contributed by atoms with Gasteiger partial charge >= 0.3 is 12.2 Å². The Bertz CT molecular complexity index is 474. The van der Waals surface area contributed by atoms with Gasteiger partial charge < -0.3 is 5.32 Å². The highest BCUT2D eigenvalue weighted by molar-refractivity contribution is 6.09. The molecule has 0 aromatic rings. The maximum atomic E-state index is 13.3. The van der Waals surface area contributed by atoms with E-state index in [0.29, 0.717) is 17.7 Å². The van der Waals surface area contributed by atoms with Crippen LogP contribution in [-0.2, 0) is 9.59 Å². The van der Waals surface area contributed by atoms with Gasteiger partial charge in [0.15, 0.2) is 0 Å². The lowest BCUT2D eigenvalue weighted by Crippen LogP contribution is -2.69. The predicted molar refractivity (Wildman–Crippen MR) is 64.9 cm³/mol. The predicted octanol–water partition coefficient (Wildman–Crippen LogP) is 1.27. The molecule has 1 saturated heterocycles. The van der Waals surface area contributed by atoms with Gasteiger partial charge in [-0.05, 0) is 12.8 Å². The van der Waals surface area contributed by atoms with Gasteiger partial charge in [-0.2, -0.15) is 13.2 Å². The molecule has 0 unspecified atom stereocenters. The summed E-state index contributed by atoms with van der Waals surface area (Å²) in [6, 6.07) is -1.66. The van der Waals surface area contributed by atoms with Crippen LogP contribution in [0.2, 0.25) is 0 Å². The number of nitrogens with one attached hydrogen (secondary N) is 2. The summed E-state index contributed by atoms with van der Waals surface area (Å²) in [6.07, 6.45) is -1.73. The molecule has 4 amide bonds. The lowest BCUT2D eigenvalue weighted by Gasteiger charge is -2.32. The summed E-state index contributed by atoms with van der Waals surface area (Å²) in [7, 11) is 0. The first kappa shape index (κ1) is 15.6. The molecule has 1 saturated carbocycles. The molecule has 0 spiro atoms. The Kier molecular flexibility index (Phi) is 3.85. The Balaban J connectivity index is 2.34. The fourth-order valence-corrected chi connectivity index (χ4v) is 2.83. The van der Waals surface area contributed by atoms with Crippen molar-refractivity contribution in [2.75, 3.05) is 0 Å². The van der Waals surface area contributed by atoms with E-state index < -0.39 is 35.7 Å². The van der Waals surface area contributed by atoms with Crippen LogP contribution < -0.4 is 10.6 Å². The summed E-state index contributed by atoms with van der Waals surface area (Å²) in [6.45, 7) is 0.857. The molecule has 21 heavy (non-hydrogen) atoms. The molecule has 0 aromatic carbocycles. The van der Waals surface area contributed by atoms with E-state index in [1.807, 2.05) is 0 Å². The van der Waals surface area contributed by atoms with Crippen molar-refractivity contribution < 1.29 is 27.6 Å². The summed E-state index contributed by atoms with van der Waals surface area (Å²) < 4.78 is 39.8. The number of hydrogen-bond acceptors (Lipinski definition) is 3. The number of carbonyl (C=O) groups excluding carboxylic acids is 3. The highest BCUT2D eigenvalue weighted by Crippen LogP contribution is 2.36. The number of rotatable bonds is 2. The van der Waals surface area contributed by atoms with Crippen LogP contribution in [0.4, 0.5) is 18.0 Å². The van der Waals surface area contributed by atoms with Crippen molar-refractivity contribution in [1.82, 2.24) is 15.5 Å². The van der Waals surface area contributed by atoms with Crippen molar-refractivity contribution in [3.63, 3.8) is 0 Å². The van der Waals surface area contributed by atoms with Crippen molar-refractivity contribution in [2.45, 2.75) is 56.9 Å². The van der Waals surface area contributed by atoms with Crippen LogP contribution in [0.1, 0.15) is 39.0 Å². The fourth-order valence-electron chi connectivity index (χ4n) is 2.83. The first-order valence-corrected chi connectivity index (χ1v) is 6.70. The number of hydrogen-bond donors (Lipinski definition) is 2. The van der Waals surface area contributed by atoms with Crippen molar-refractivity contribution in [1.29, 1.82) is 0 Å². The summed E-state index contributed by atoms with van der Waals surface area (Å²) in [5, 5.41) is 3.17. The Morgan fingerprint density at radius 1 is 1.29 bits per heavy atom. The first-order valence-electron chi connectivity index (χ1n) is 6.70. The second kappa shape index (κ2) is 5.19. The number of carbonyl (C=O) groups is 3. The summed E-state index contributed by atoms with van der Waals surface area (Å²) in [4.78, 5) is 35.8. The number of alkyl halides is 3. The van der Waals surface area contributed by atoms with E-state index in [1.54, 1.807) is 10.6 Å². The number of nitrogens with zero attached hydrogens (tertiary/aromatic N) is 1. The van der Waals surface area contributed by atoms with Gasteiger partial charge in [-0.1, -0.05) is 19.3 Å². The zero-order chi connectivity index (χ0) is 15.8. The van der Waals surface area contributed by atoms with Gasteiger partial charge in [-0.3, -0.25) is 19.8 Å². The van der Waals surface area contributed by atoms with Gasteiger partial charge in [0, 0.05) is 13.0 Å². The maximum Gasteiger partial charge on any atom is 0.440 e. The van der Waals surface area contributed by atoms with E-state index >= 15 is 0 Å². The van der Waals surface area contributed by atoms with Crippen molar-refractivity contribution in [3.8, 4) is 0 Å². The van der Waals surface area contributed by atoms with Gasteiger partial charge in [0.1, 0.15) is 0 Å². The molecule has 9 heteroatoms. The Morgan fingerprint density at radius 2 is 1.86 bits per heavy atom. The second-order valence-corrected chi connectivity index (χ2v) is 5.33. The standard InChI is InChI=1S/C12H16F3N3O3/c1-7(19)16-11(12(13,14)15)9(20)18(10(21)17-11)8-5-3-2-4-6-8/h8H,2-6H2,1H3,(H,16,19)(H,17,21)/t11-/m0/s1. The number of amides is 4. The molecular weight excluding hydrogens is 291 g/mol. The third-order valence-corrected chi connectivity index (χ3v) is 3.78. The SMILES string of the molecule is CC(=O)N[C@]1(C(F)(F)F)NC(=O)N(C2CCCCC2)C1=O. The first-order chi connectivity index (χ1) is 9.69. The smallest absolute Gasteiger partial charge is 0.318 e. The normalized spacial score (nSPS) is 27.7. The molecule has 0 aromatic heterocycles. The van der Waals surface area contributed by atoms with E-state index in [4.69, 9.17) is 0 Å². The number of halogens is 3. The van der Waals surface area contributed by atoms with Crippen molar-refractivity contribution in [3.05, 3.63) is 0 Å². The van der Waals surface area contributed by atoms with E-state index in [-0.39, 0.29) is 0 Å². The van der Waals surface area contributed by atoms with Gasteiger partial charge in [-0.15, -0.1) is 0 Å². The maximum absolute atomic E-state index is 13.3. The highest BCUT2D eigenvalue weighted by atomic mass is 19.4. The van der Waals surface area contributed by atoms with E-state index in [2.05, 4.69) is 0 Å². The molecule has 2 fully saturated rings. The third kappa shape index (κ3) is 2.56. The monoisotopic (exact) mass is 307 g/mol. The average Bonchev–Trinajstić information content (AvgIpc) is 2.61. The van der Waals surface area contributed by atoms with Crippen LogP contribution in [0.5, 0.6) is 0 Å². The molecule has 1 aliphatic carbocycles.